The first-order valence-electron chi connectivity index (χ1n) is 20.0. The zero-order chi connectivity index (χ0) is 38.6. The monoisotopic (exact) mass is 755 g/mol. The van der Waals surface area contributed by atoms with Crippen molar-refractivity contribution in [3.8, 4) is 56.6 Å². The molecule has 11 aromatic rings. The molecule has 0 spiro atoms. The number of fused-ring (bicyclic) bond motifs is 10. The molecule has 0 aliphatic carbocycles. The minimum absolute atomic E-state index is 0.756. The standard InChI is InChI=1S/C54H33N3O2/c1-3-13-34(14-4-1)35-23-26-46-42(29-35)43-31-37(25-28-47(43)55(46)38-15-5-2-6-16-38)36-24-27-45-41(30-36)40-17-7-8-18-44(40)56(45)39-32-52-54-53(33-39)59-51-22-12-10-20-49(51)57(54)48-19-9-11-21-50(48)58-52/h1-33H. The van der Waals surface area contributed by atoms with Crippen LogP contribution in [-0.4, -0.2) is 9.13 Å². The Labute approximate surface area is 339 Å². The fourth-order valence-electron chi connectivity index (χ4n) is 9.44. The molecule has 2 aromatic heterocycles. The van der Waals surface area contributed by atoms with E-state index in [0.717, 1.165) is 68.0 Å². The molecule has 5 nitrogen and oxygen atoms in total. The summed E-state index contributed by atoms with van der Waals surface area (Å²) < 4.78 is 18.1. The number of anilines is 3. The molecule has 0 amide bonds. The number of aromatic nitrogens is 2. The van der Waals surface area contributed by atoms with E-state index in [1.807, 2.05) is 24.3 Å². The van der Waals surface area contributed by atoms with Gasteiger partial charge in [-0.25, -0.2) is 0 Å². The Morgan fingerprint density at radius 1 is 0.288 bits per heavy atom. The summed E-state index contributed by atoms with van der Waals surface area (Å²) in [6, 6.07) is 71.3. The highest BCUT2D eigenvalue weighted by molar-refractivity contribution is 6.13. The highest BCUT2D eigenvalue weighted by Gasteiger charge is 2.35. The number of nitrogens with zero attached hydrogens (tertiary/aromatic N) is 3. The molecule has 0 radical (unpaired) electrons. The molecule has 0 atom stereocenters. The molecule has 9 aromatic carbocycles. The van der Waals surface area contributed by atoms with Crippen molar-refractivity contribution in [3.05, 3.63) is 200 Å². The molecule has 0 bridgehead atoms. The SMILES string of the molecule is c1ccc(-c2ccc3c(c2)c2cc(-c4ccc5c(c4)c4ccccc4n5-c4cc5c6c(c4)Oc4ccccc4N6c4ccccc4O5)ccc2n3-c2ccccc2)cc1. The molecule has 0 N–H and O–H groups in total. The number of hydrogen-bond acceptors (Lipinski definition) is 3. The van der Waals surface area contributed by atoms with Crippen molar-refractivity contribution in [2.45, 2.75) is 0 Å². The largest absolute Gasteiger partial charge is 0.453 e. The van der Waals surface area contributed by atoms with Gasteiger partial charge in [0.05, 0.1) is 39.1 Å². The molecule has 2 aliphatic rings. The average molecular weight is 756 g/mol. The Balaban J connectivity index is 0.988. The van der Waals surface area contributed by atoms with Crippen LogP contribution in [0.5, 0.6) is 23.0 Å². The van der Waals surface area contributed by atoms with Gasteiger partial charge in [-0.2, -0.15) is 0 Å². The lowest BCUT2D eigenvalue weighted by atomic mass is 9.99. The van der Waals surface area contributed by atoms with Crippen molar-refractivity contribution in [3.63, 3.8) is 0 Å². The highest BCUT2D eigenvalue weighted by atomic mass is 16.5. The Hall–Kier alpha value is -8.02. The van der Waals surface area contributed by atoms with Gasteiger partial charge in [-0.15, -0.1) is 0 Å². The summed E-state index contributed by atoms with van der Waals surface area (Å²) >= 11 is 0. The Kier molecular flexibility index (Phi) is 6.66. The second-order valence-electron chi connectivity index (χ2n) is 15.4. The molecule has 2 aliphatic heterocycles. The zero-order valence-electron chi connectivity index (χ0n) is 31.7. The van der Waals surface area contributed by atoms with Crippen molar-refractivity contribution in [2.75, 3.05) is 4.90 Å². The summed E-state index contributed by atoms with van der Waals surface area (Å²) in [5.41, 5.74) is 14.4. The van der Waals surface area contributed by atoms with E-state index in [4.69, 9.17) is 9.47 Å². The van der Waals surface area contributed by atoms with Crippen LogP contribution >= 0.6 is 0 Å². The molecular formula is C54H33N3O2. The van der Waals surface area contributed by atoms with Gasteiger partial charge in [-0.3, -0.25) is 4.90 Å². The average Bonchev–Trinajstić information content (AvgIpc) is 3.81. The lowest BCUT2D eigenvalue weighted by Crippen LogP contribution is -2.20. The minimum Gasteiger partial charge on any atom is -0.453 e. The second kappa shape index (κ2) is 12.2. The van der Waals surface area contributed by atoms with Crippen LogP contribution in [-0.2, 0) is 0 Å². The fraction of sp³-hybridized carbons (Fsp3) is 0. The van der Waals surface area contributed by atoms with E-state index < -0.39 is 0 Å². The van der Waals surface area contributed by atoms with Crippen molar-refractivity contribution < 1.29 is 9.47 Å². The van der Waals surface area contributed by atoms with Crippen molar-refractivity contribution in [1.29, 1.82) is 0 Å². The lowest BCUT2D eigenvalue weighted by molar-refractivity contribution is 0.445. The van der Waals surface area contributed by atoms with Crippen molar-refractivity contribution >= 4 is 60.7 Å². The third-order valence-corrected chi connectivity index (χ3v) is 12.1. The molecule has 5 heteroatoms. The second-order valence-corrected chi connectivity index (χ2v) is 15.4. The topological polar surface area (TPSA) is 31.6 Å². The highest BCUT2D eigenvalue weighted by Crippen LogP contribution is 2.60. The zero-order valence-corrected chi connectivity index (χ0v) is 31.7. The summed E-state index contributed by atoms with van der Waals surface area (Å²) in [4.78, 5) is 2.26. The maximum Gasteiger partial charge on any atom is 0.157 e. The Bertz CT molecular complexity index is 3440. The van der Waals surface area contributed by atoms with Crippen LogP contribution in [0.15, 0.2) is 200 Å². The molecular weight excluding hydrogens is 723 g/mol. The van der Waals surface area contributed by atoms with Crippen molar-refractivity contribution in [2.24, 2.45) is 0 Å². The lowest BCUT2D eigenvalue weighted by Gasteiger charge is -2.38. The first-order valence-corrected chi connectivity index (χ1v) is 20.0. The molecule has 0 unspecified atom stereocenters. The maximum absolute atomic E-state index is 6.67. The van der Waals surface area contributed by atoms with Gasteiger partial charge in [0.15, 0.2) is 23.0 Å². The van der Waals surface area contributed by atoms with Gasteiger partial charge in [-0.1, -0.05) is 109 Å². The summed E-state index contributed by atoms with van der Waals surface area (Å²) in [6.07, 6.45) is 0. The molecule has 59 heavy (non-hydrogen) atoms. The quantitative estimate of drug-likeness (QED) is 0.179. The van der Waals surface area contributed by atoms with Crippen LogP contribution in [0, 0.1) is 0 Å². The number of benzene rings is 9. The van der Waals surface area contributed by atoms with Crippen LogP contribution in [0.3, 0.4) is 0 Å². The molecule has 0 saturated heterocycles. The van der Waals surface area contributed by atoms with Gasteiger partial charge >= 0.3 is 0 Å². The minimum atomic E-state index is 0.756. The van der Waals surface area contributed by atoms with E-state index in [9.17, 15) is 0 Å². The molecule has 0 saturated carbocycles. The summed E-state index contributed by atoms with van der Waals surface area (Å²) in [7, 11) is 0. The van der Waals surface area contributed by atoms with E-state index in [0.29, 0.717) is 0 Å². The van der Waals surface area contributed by atoms with Gasteiger partial charge in [0.2, 0.25) is 0 Å². The number of para-hydroxylation sites is 6. The number of rotatable bonds is 4. The first kappa shape index (κ1) is 32.1. The van der Waals surface area contributed by atoms with Gasteiger partial charge in [-0.05, 0) is 101 Å². The Morgan fingerprint density at radius 2 is 0.729 bits per heavy atom. The normalized spacial score (nSPS) is 12.6. The molecule has 13 rings (SSSR count). The van der Waals surface area contributed by atoms with E-state index in [1.165, 1.54) is 49.3 Å². The van der Waals surface area contributed by atoms with Gasteiger partial charge in [0, 0.05) is 39.4 Å². The third-order valence-electron chi connectivity index (χ3n) is 12.1. The summed E-state index contributed by atoms with van der Waals surface area (Å²) in [5.74, 6) is 3.14. The van der Waals surface area contributed by atoms with Crippen molar-refractivity contribution in [1.82, 2.24) is 9.13 Å². The van der Waals surface area contributed by atoms with Crippen LogP contribution in [0.2, 0.25) is 0 Å². The first-order chi connectivity index (χ1) is 29.2. The Morgan fingerprint density at radius 3 is 1.32 bits per heavy atom. The smallest absolute Gasteiger partial charge is 0.157 e. The third kappa shape index (κ3) is 4.73. The predicted molar refractivity (Wildman–Crippen MR) is 241 cm³/mol. The van der Waals surface area contributed by atoms with Crippen LogP contribution in [0.4, 0.5) is 17.1 Å². The van der Waals surface area contributed by atoms with E-state index in [2.05, 4.69) is 190 Å². The number of ether oxygens (including phenoxy) is 2. The predicted octanol–water partition coefficient (Wildman–Crippen LogP) is 14.9. The number of hydrogen-bond donors (Lipinski definition) is 0. The fourth-order valence-corrected chi connectivity index (χ4v) is 9.44. The molecule has 276 valence electrons. The molecule has 4 heterocycles. The van der Waals surface area contributed by atoms with E-state index >= 15 is 0 Å². The van der Waals surface area contributed by atoms with Gasteiger partial charge in [0.25, 0.3) is 0 Å². The summed E-state index contributed by atoms with van der Waals surface area (Å²) in [5, 5.41) is 4.82. The van der Waals surface area contributed by atoms with Crippen LogP contribution < -0.4 is 14.4 Å². The van der Waals surface area contributed by atoms with Crippen LogP contribution in [0.1, 0.15) is 0 Å². The van der Waals surface area contributed by atoms with Gasteiger partial charge < -0.3 is 18.6 Å². The van der Waals surface area contributed by atoms with Crippen LogP contribution in [0.25, 0.3) is 77.2 Å². The van der Waals surface area contributed by atoms with Gasteiger partial charge in [0.1, 0.15) is 5.69 Å². The maximum atomic E-state index is 6.67. The van der Waals surface area contributed by atoms with E-state index in [-0.39, 0.29) is 0 Å². The summed E-state index contributed by atoms with van der Waals surface area (Å²) in [6.45, 7) is 0. The molecule has 0 fully saturated rings. The van der Waals surface area contributed by atoms with E-state index in [1.54, 1.807) is 0 Å².